The van der Waals surface area contributed by atoms with Gasteiger partial charge in [-0.15, -0.1) is 0 Å². The first-order valence-electron chi connectivity index (χ1n) is 11.0. The number of unbranched alkanes of at least 4 members (excludes halogenated alkanes) is 2. The standard InChI is InChI=1S/C28H35N/c1-5-6-10-21-28(3,4)25-15-19-27(20-16-25)29-26-17-13-24(14-18-26)22(2)23-11-8-7-9-12-23/h7-9,11-20,22,29H,5-6,10,21H2,1-4H3. The smallest absolute Gasteiger partial charge is 0.0384 e. The van der Waals surface area contributed by atoms with Crippen LogP contribution in [0, 0.1) is 0 Å². The van der Waals surface area contributed by atoms with Crippen molar-refractivity contribution < 1.29 is 0 Å². The number of nitrogens with one attached hydrogen (secondary N) is 1. The van der Waals surface area contributed by atoms with E-state index in [-0.39, 0.29) is 5.41 Å². The van der Waals surface area contributed by atoms with Crippen molar-refractivity contribution in [1.29, 1.82) is 0 Å². The van der Waals surface area contributed by atoms with Gasteiger partial charge in [0.1, 0.15) is 0 Å². The van der Waals surface area contributed by atoms with E-state index in [2.05, 4.69) is 112 Å². The Morgan fingerprint density at radius 3 is 1.86 bits per heavy atom. The van der Waals surface area contributed by atoms with Gasteiger partial charge in [-0.1, -0.05) is 102 Å². The number of anilines is 2. The summed E-state index contributed by atoms with van der Waals surface area (Å²) in [7, 11) is 0. The monoisotopic (exact) mass is 385 g/mol. The van der Waals surface area contributed by atoms with Gasteiger partial charge in [0.05, 0.1) is 0 Å². The molecule has 3 aromatic carbocycles. The third kappa shape index (κ3) is 5.73. The molecule has 0 bridgehead atoms. The minimum absolute atomic E-state index is 0.239. The van der Waals surface area contributed by atoms with Crippen LogP contribution in [-0.2, 0) is 5.41 Å². The predicted molar refractivity (Wildman–Crippen MR) is 127 cm³/mol. The third-order valence-electron chi connectivity index (χ3n) is 6.07. The lowest BCUT2D eigenvalue weighted by Gasteiger charge is -2.25. The van der Waals surface area contributed by atoms with Gasteiger partial charge in [-0.25, -0.2) is 0 Å². The maximum absolute atomic E-state index is 3.54. The first-order valence-corrected chi connectivity index (χ1v) is 11.0. The molecule has 0 spiro atoms. The van der Waals surface area contributed by atoms with Crippen molar-refractivity contribution in [3.05, 3.63) is 95.6 Å². The molecular formula is C28H35N. The number of hydrogen-bond acceptors (Lipinski definition) is 1. The van der Waals surface area contributed by atoms with E-state index in [0.717, 1.165) is 11.4 Å². The third-order valence-corrected chi connectivity index (χ3v) is 6.07. The van der Waals surface area contributed by atoms with Gasteiger partial charge in [0.15, 0.2) is 0 Å². The van der Waals surface area contributed by atoms with Crippen LogP contribution in [0.1, 0.15) is 76.0 Å². The summed E-state index contributed by atoms with van der Waals surface area (Å²) in [4.78, 5) is 0. The van der Waals surface area contributed by atoms with Gasteiger partial charge in [-0.2, -0.15) is 0 Å². The topological polar surface area (TPSA) is 12.0 Å². The summed E-state index contributed by atoms with van der Waals surface area (Å²) >= 11 is 0. The molecule has 0 saturated carbocycles. The molecule has 0 saturated heterocycles. The highest BCUT2D eigenvalue weighted by molar-refractivity contribution is 5.60. The van der Waals surface area contributed by atoms with Crippen LogP contribution < -0.4 is 5.32 Å². The average molecular weight is 386 g/mol. The molecule has 0 aliphatic rings. The highest BCUT2D eigenvalue weighted by Crippen LogP contribution is 2.31. The van der Waals surface area contributed by atoms with Gasteiger partial charge in [0.25, 0.3) is 0 Å². The molecular weight excluding hydrogens is 350 g/mol. The number of rotatable bonds is 9. The highest BCUT2D eigenvalue weighted by atomic mass is 14.9. The molecule has 0 radical (unpaired) electrons. The van der Waals surface area contributed by atoms with Gasteiger partial charge >= 0.3 is 0 Å². The van der Waals surface area contributed by atoms with E-state index in [1.54, 1.807) is 0 Å². The zero-order valence-corrected chi connectivity index (χ0v) is 18.4. The lowest BCUT2D eigenvalue weighted by atomic mass is 9.80. The zero-order chi connectivity index (χ0) is 20.7. The van der Waals surface area contributed by atoms with Crippen LogP contribution in [0.15, 0.2) is 78.9 Å². The lowest BCUT2D eigenvalue weighted by Crippen LogP contribution is -2.16. The maximum Gasteiger partial charge on any atom is 0.0384 e. The molecule has 3 aromatic rings. The molecule has 0 aliphatic carbocycles. The molecule has 0 heterocycles. The molecule has 1 unspecified atom stereocenters. The van der Waals surface area contributed by atoms with E-state index in [0.29, 0.717) is 5.92 Å². The zero-order valence-electron chi connectivity index (χ0n) is 18.4. The van der Waals surface area contributed by atoms with Crippen LogP contribution in [0.2, 0.25) is 0 Å². The Hall–Kier alpha value is -2.54. The molecule has 0 amide bonds. The Labute approximate surface area is 177 Å². The second kappa shape index (κ2) is 9.78. The van der Waals surface area contributed by atoms with E-state index < -0.39 is 0 Å². The van der Waals surface area contributed by atoms with E-state index in [4.69, 9.17) is 0 Å². The molecule has 0 aromatic heterocycles. The summed E-state index contributed by atoms with van der Waals surface area (Å²) in [6.45, 7) is 9.25. The Morgan fingerprint density at radius 2 is 1.28 bits per heavy atom. The Balaban J connectivity index is 1.63. The molecule has 1 heteroatoms. The number of benzene rings is 3. The van der Waals surface area contributed by atoms with E-state index in [1.807, 2.05) is 0 Å². The summed E-state index contributed by atoms with van der Waals surface area (Å²) < 4.78 is 0. The Bertz CT molecular complexity index is 860. The van der Waals surface area contributed by atoms with Crippen LogP contribution in [0.3, 0.4) is 0 Å². The van der Waals surface area contributed by atoms with E-state index >= 15 is 0 Å². The molecule has 1 atom stereocenters. The molecule has 0 aliphatic heterocycles. The largest absolute Gasteiger partial charge is 0.356 e. The summed E-state index contributed by atoms with van der Waals surface area (Å²) in [5.41, 5.74) is 6.62. The van der Waals surface area contributed by atoms with Crippen molar-refractivity contribution in [3.63, 3.8) is 0 Å². The Kier molecular flexibility index (Phi) is 7.14. The summed E-state index contributed by atoms with van der Waals surface area (Å²) in [5, 5.41) is 3.54. The minimum Gasteiger partial charge on any atom is -0.356 e. The van der Waals surface area contributed by atoms with Crippen molar-refractivity contribution in [1.82, 2.24) is 0 Å². The predicted octanol–water partition coefficient (Wildman–Crippen LogP) is 8.44. The van der Waals surface area contributed by atoms with E-state index in [1.165, 1.54) is 42.4 Å². The quantitative estimate of drug-likeness (QED) is 0.364. The summed E-state index contributed by atoms with van der Waals surface area (Å²) in [6.07, 6.45) is 5.15. The van der Waals surface area contributed by atoms with Crippen molar-refractivity contribution in [2.75, 3.05) is 5.32 Å². The molecule has 1 nitrogen and oxygen atoms in total. The average Bonchev–Trinajstić information content (AvgIpc) is 2.75. The highest BCUT2D eigenvalue weighted by Gasteiger charge is 2.19. The van der Waals surface area contributed by atoms with Crippen LogP contribution in [0.4, 0.5) is 11.4 Å². The molecule has 152 valence electrons. The van der Waals surface area contributed by atoms with Crippen molar-refractivity contribution in [2.45, 2.75) is 64.7 Å². The Morgan fingerprint density at radius 1 is 0.724 bits per heavy atom. The van der Waals surface area contributed by atoms with Crippen LogP contribution >= 0.6 is 0 Å². The molecule has 3 rings (SSSR count). The van der Waals surface area contributed by atoms with Crippen LogP contribution in [0.5, 0.6) is 0 Å². The lowest BCUT2D eigenvalue weighted by molar-refractivity contribution is 0.450. The summed E-state index contributed by atoms with van der Waals surface area (Å²) in [6, 6.07) is 28.5. The van der Waals surface area contributed by atoms with Gasteiger partial charge in [0, 0.05) is 17.3 Å². The van der Waals surface area contributed by atoms with Gasteiger partial charge in [-0.05, 0) is 52.8 Å². The fourth-order valence-corrected chi connectivity index (χ4v) is 3.92. The van der Waals surface area contributed by atoms with Gasteiger partial charge < -0.3 is 5.32 Å². The van der Waals surface area contributed by atoms with Crippen molar-refractivity contribution in [3.8, 4) is 0 Å². The fraction of sp³-hybridized carbons (Fsp3) is 0.357. The van der Waals surface area contributed by atoms with Crippen molar-refractivity contribution in [2.24, 2.45) is 0 Å². The van der Waals surface area contributed by atoms with E-state index in [9.17, 15) is 0 Å². The first kappa shape index (κ1) is 21.2. The maximum atomic E-state index is 3.54. The van der Waals surface area contributed by atoms with Crippen molar-refractivity contribution >= 4 is 11.4 Å². The first-order chi connectivity index (χ1) is 14.0. The number of hydrogen-bond donors (Lipinski definition) is 1. The van der Waals surface area contributed by atoms with Gasteiger partial charge in [0.2, 0.25) is 0 Å². The molecule has 1 N–H and O–H groups in total. The molecule has 29 heavy (non-hydrogen) atoms. The second-order valence-corrected chi connectivity index (χ2v) is 8.80. The minimum atomic E-state index is 0.239. The van der Waals surface area contributed by atoms with Crippen LogP contribution in [-0.4, -0.2) is 0 Å². The summed E-state index contributed by atoms with van der Waals surface area (Å²) in [5.74, 6) is 0.402. The fourth-order valence-electron chi connectivity index (χ4n) is 3.92. The second-order valence-electron chi connectivity index (χ2n) is 8.80. The van der Waals surface area contributed by atoms with Gasteiger partial charge in [-0.3, -0.25) is 0 Å². The van der Waals surface area contributed by atoms with Crippen LogP contribution in [0.25, 0.3) is 0 Å². The normalized spacial score (nSPS) is 12.6. The SMILES string of the molecule is CCCCCC(C)(C)c1ccc(Nc2ccc(C(C)c3ccccc3)cc2)cc1. The molecule has 0 fully saturated rings.